The Morgan fingerprint density at radius 3 is 2.56 bits per heavy atom. The van der Waals surface area contributed by atoms with Crippen LogP contribution in [0.2, 0.25) is 0 Å². The summed E-state index contributed by atoms with van der Waals surface area (Å²) in [7, 11) is 0. The van der Waals surface area contributed by atoms with Crippen molar-refractivity contribution in [2.75, 3.05) is 19.6 Å². The van der Waals surface area contributed by atoms with Gasteiger partial charge in [0.2, 0.25) is 5.91 Å². The summed E-state index contributed by atoms with van der Waals surface area (Å²) in [5.41, 5.74) is -0.830. The van der Waals surface area contributed by atoms with Crippen LogP contribution in [0.5, 0.6) is 5.75 Å². The van der Waals surface area contributed by atoms with E-state index in [4.69, 9.17) is 0 Å². The normalized spacial score (nSPS) is 20.7. The van der Waals surface area contributed by atoms with E-state index in [9.17, 15) is 23.5 Å². The van der Waals surface area contributed by atoms with Crippen molar-refractivity contribution in [1.82, 2.24) is 9.80 Å². The summed E-state index contributed by atoms with van der Waals surface area (Å²) in [6, 6.07) is 5.21. The van der Waals surface area contributed by atoms with E-state index >= 15 is 0 Å². The molecule has 6 nitrogen and oxygen atoms in total. The van der Waals surface area contributed by atoms with Crippen molar-refractivity contribution in [1.29, 1.82) is 0 Å². The van der Waals surface area contributed by atoms with Gasteiger partial charge in [-0.1, -0.05) is 12.1 Å². The highest BCUT2D eigenvalue weighted by atomic mass is 19.3. The van der Waals surface area contributed by atoms with Gasteiger partial charge in [-0.2, -0.15) is 8.78 Å². The summed E-state index contributed by atoms with van der Waals surface area (Å²) in [5.74, 6) is -0.830. The molecule has 148 valence electrons. The molecular weight excluding hydrogens is 358 g/mol. The lowest BCUT2D eigenvalue weighted by atomic mass is 9.84. The second-order valence-electron chi connectivity index (χ2n) is 7.63. The molecule has 3 rings (SSSR count). The predicted molar refractivity (Wildman–Crippen MR) is 93.5 cm³/mol. The van der Waals surface area contributed by atoms with E-state index in [0.29, 0.717) is 32.5 Å². The lowest BCUT2D eigenvalue weighted by Gasteiger charge is -2.46. The van der Waals surface area contributed by atoms with E-state index < -0.39 is 24.2 Å². The number of benzene rings is 1. The van der Waals surface area contributed by atoms with Crippen molar-refractivity contribution in [3.05, 3.63) is 29.8 Å². The molecule has 1 N–H and O–H groups in total. The number of halogens is 2. The van der Waals surface area contributed by atoms with Gasteiger partial charge < -0.3 is 19.6 Å². The Labute approximate surface area is 156 Å². The minimum atomic E-state index is -3.03. The molecule has 0 radical (unpaired) electrons. The van der Waals surface area contributed by atoms with E-state index in [0.717, 1.165) is 0 Å². The van der Waals surface area contributed by atoms with Gasteiger partial charge in [0.25, 0.3) is 5.91 Å². The lowest BCUT2D eigenvalue weighted by Crippen LogP contribution is -2.61. The van der Waals surface area contributed by atoms with E-state index in [2.05, 4.69) is 4.74 Å². The van der Waals surface area contributed by atoms with Gasteiger partial charge in [-0.15, -0.1) is 0 Å². The maximum atomic E-state index is 12.9. The zero-order valence-electron chi connectivity index (χ0n) is 15.4. The second kappa shape index (κ2) is 7.42. The topological polar surface area (TPSA) is 70.1 Å². The zero-order valence-corrected chi connectivity index (χ0v) is 15.4. The van der Waals surface area contributed by atoms with Gasteiger partial charge in [0, 0.05) is 25.6 Å². The Morgan fingerprint density at radius 2 is 1.93 bits per heavy atom. The van der Waals surface area contributed by atoms with Crippen molar-refractivity contribution in [3.8, 4) is 5.75 Å². The molecule has 2 aliphatic rings. The Balaban J connectivity index is 1.72. The van der Waals surface area contributed by atoms with Crippen molar-refractivity contribution in [3.63, 3.8) is 0 Å². The van der Waals surface area contributed by atoms with Gasteiger partial charge >= 0.3 is 6.61 Å². The quantitative estimate of drug-likeness (QED) is 0.847. The number of hydrogen-bond acceptors (Lipinski definition) is 4. The molecule has 0 aromatic heterocycles. The summed E-state index contributed by atoms with van der Waals surface area (Å²) in [5, 5.41) is 10.0. The largest absolute Gasteiger partial charge is 0.434 e. The van der Waals surface area contributed by atoms with Crippen molar-refractivity contribution < 1.29 is 28.2 Å². The SMILES string of the molecule is CC(C)(O)C1CN(C(=O)C2CCCN2C(=O)c2ccccc2OC(F)F)C1. The van der Waals surface area contributed by atoms with Gasteiger partial charge in [-0.3, -0.25) is 9.59 Å². The van der Waals surface area contributed by atoms with Gasteiger partial charge in [0.15, 0.2) is 0 Å². The molecule has 2 fully saturated rings. The summed E-state index contributed by atoms with van der Waals surface area (Å²) >= 11 is 0. The first-order chi connectivity index (χ1) is 12.7. The highest BCUT2D eigenvalue weighted by Gasteiger charge is 2.44. The molecule has 1 unspecified atom stereocenters. The van der Waals surface area contributed by atoms with Gasteiger partial charge in [-0.05, 0) is 38.8 Å². The first kappa shape index (κ1) is 19.5. The fourth-order valence-corrected chi connectivity index (χ4v) is 3.58. The summed E-state index contributed by atoms with van der Waals surface area (Å²) in [6.45, 7) is 1.68. The first-order valence-corrected chi connectivity index (χ1v) is 9.04. The molecule has 0 bridgehead atoms. The Hall–Kier alpha value is -2.22. The number of rotatable bonds is 5. The molecule has 27 heavy (non-hydrogen) atoms. The third-order valence-electron chi connectivity index (χ3n) is 5.32. The predicted octanol–water partition coefficient (Wildman–Crippen LogP) is 2.12. The standard InChI is InChI=1S/C19H24F2N2O4/c1-19(2,26)12-10-22(11-12)17(25)14-7-5-9-23(14)16(24)13-6-3-4-8-15(13)27-18(20)21/h3-4,6,8,12,14,18,26H,5,7,9-11H2,1-2H3. The Bertz CT molecular complexity index is 714. The molecule has 8 heteroatoms. The van der Waals surface area contributed by atoms with Crippen LogP contribution in [0, 0.1) is 5.92 Å². The number of aliphatic hydroxyl groups is 1. The molecule has 0 saturated carbocycles. The van der Waals surface area contributed by atoms with Gasteiger partial charge in [0.05, 0.1) is 11.2 Å². The number of carbonyl (C=O) groups is 2. The number of hydrogen-bond donors (Lipinski definition) is 1. The molecule has 1 aromatic carbocycles. The molecule has 0 aliphatic carbocycles. The summed E-state index contributed by atoms with van der Waals surface area (Å²) in [4.78, 5) is 28.8. The number of carbonyl (C=O) groups excluding carboxylic acids is 2. The highest BCUT2D eigenvalue weighted by Crippen LogP contribution is 2.31. The molecule has 1 atom stereocenters. The number of ether oxygens (including phenoxy) is 1. The number of alkyl halides is 2. The maximum Gasteiger partial charge on any atom is 0.387 e. The van der Waals surface area contributed by atoms with Crippen LogP contribution in [-0.2, 0) is 4.79 Å². The van der Waals surface area contributed by atoms with Crippen LogP contribution in [0.4, 0.5) is 8.78 Å². The van der Waals surface area contributed by atoms with E-state index in [1.54, 1.807) is 24.8 Å². The lowest BCUT2D eigenvalue weighted by molar-refractivity contribution is -0.148. The molecule has 0 spiro atoms. The molecule has 2 heterocycles. The first-order valence-electron chi connectivity index (χ1n) is 9.04. The molecule has 2 aliphatic heterocycles. The Kier molecular flexibility index (Phi) is 5.37. The number of nitrogens with zero attached hydrogens (tertiary/aromatic N) is 2. The summed E-state index contributed by atoms with van der Waals surface area (Å²) < 4.78 is 29.7. The number of para-hydroxylation sites is 1. The average Bonchev–Trinajstić information content (AvgIpc) is 3.00. The minimum absolute atomic E-state index is 0.00664. The smallest absolute Gasteiger partial charge is 0.387 e. The van der Waals surface area contributed by atoms with E-state index in [1.807, 2.05) is 0 Å². The van der Waals surface area contributed by atoms with E-state index in [1.165, 1.54) is 23.1 Å². The van der Waals surface area contributed by atoms with Crippen LogP contribution in [-0.4, -0.2) is 64.6 Å². The second-order valence-corrected chi connectivity index (χ2v) is 7.63. The van der Waals surface area contributed by atoms with Crippen LogP contribution in [0.25, 0.3) is 0 Å². The maximum absolute atomic E-state index is 12.9. The van der Waals surface area contributed by atoms with Crippen molar-refractivity contribution >= 4 is 11.8 Å². The van der Waals surface area contributed by atoms with Gasteiger partial charge in [-0.25, -0.2) is 0 Å². The van der Waals surface area contributed by atoms with Crippen molar-refractivity contribution in [2.45, 2.75) is 44.9 Å². The fourth-order valence-electron chi connectivity index (χ4n) is 3.58. The highest BCUT2D eigenvalue weighted by molar-refractivity contribution is 6.00. The van der Waals surface area contributed by atoms with Crippen LogP contribution >= 0.6 is 0 Å². The number of amides is 2. The number of likely N-dealkylation sites (tertiary alicyclic amines) is 2. The van der Waals surface area contributed by atoms with Crippen LogP contribution < -0.4 is 4.74 Å². The average molecular weight is 382 g/mol. The van der Waals surface area contributed by atoms with Crippen LogP contribution in [0.15, 0.2) is 24.3 Å². The summed E-state index contributed by atoms with van der Waals surface area (Å²) in [6.07, 6.45) is 1.20. The third-order valence-corrected chi connectivity index (χ3v) is 5.32. The minimum Gasteiger partial charge on any atom is -0.434 e. The zero-order chi connectivity index (χ0) is 19.8. The van der Waals surface area contributed by atoms with E-state index in [-0.39, 0.29) is 23.1 Å². The Morgan fingerprint density at radius 1 is 1.26 bits per heavy atom. The molecular formula is C19H24F2N2O4. The third kappa shape index (κ3) is 4.05. The molecule has 2 amide bonds. The van der Waals surface area contributed by atoms with Gasteiger partial charge in [0.1, 0.15) is 11.8 Å². The van der Waals surface area contributed by atoms with Crippen LogP contribution in [0.1, 0.15) is 37.0 Å². The molecule has 1 aromatic rings. The fraction of sp³-hybridized carbons (Fsp3) is 0.579. The molecule has 2 saturated heterocycles. The monoisotopic (exact) mass is 382 g/mol. The van der Waals surface area contributed by atoms with Crippen LogP contribution in [0.3, 0.4) is 0 Å². The van der Waals surface area contributed by atoms with Crippen molar-refractivity contribution in [2.24, 2.45) is 5.92 Å².